The van der Waals surface area contributed by atoms with Crippen molar-refractivity contribution in [3.63, 3.8) is 0 Å². The van der Waals surface area contributed by atoms with E-state index in [1.54, 1.807) is 14.2 Å². The van der Waals surface area contributed by atoms with Gasteiger partial charge >= 0.3 is 0 Å². The summed E-state index contributed by atoms with van der Waals surface area (Å²) in [5.74, 6) is 2.02. The number of rotatable bonds is 6. The lowest BCUT2D eigenvalue weighted by Gasteiger charge is -2.15. The van der Waals surface area contributed by atoms with E-state index in [0.29, 0.717) is 5.92 Å². The van der Waals surface area contributed by atoms with Gasteiger partial charge in [-0.15, -0.1) is 0 Å². The zero-order valence-corrected chi connectivity index (χ0v) is 12.2. The molecule has 0 aliphatic heterocycles. The molecule has 0 aromatic heterocycles. The predicted octanol–water partition coefficient (Wildman–Crippen LogP) is 3.92. The van der Waals surface area contributed by atoms with Crippen LogP contribution in [0.2, 0.25) is 0 Å². The minimum Gasteiger partial charge on any atom is -0.497 e. The van der Waals surface area contributed by atoms with Crippen LogP contribution >= 0.6 is 0 Å². The minimum absolute atomic E-state index is 0.438. The van der Waals surface area contributed by atoms with Crippen LogP contribution in [0.25, 0.3) is 0 Å². The lowest BCUT2D eigenvalue weighted by molar-refractivity contribution is 0.394. The van der Waals surface area contributed by atoms with Gasteiger partial charge < -0.3 is 14.8 Å². The first kappa shape index (κ1) is 14.3. The van der Waals surface area contributed by atoms with E-state index < -0.39 is 0 Å². The number of hydrogen-bond donors (Lipinski definition) is 1. The second-order valence-corrected chi connectivity index (χ2v) is 4.79. The Kier molecular flexibility index (Phi) is 4.88. The van der Waals surface area contributed by atoms with Crippen LogP contribution in [0.5, 0.6) is 11.5 Å². The summed E-state index contributed by atoms with van der Waals surface area (Å²) >= 11 is 0. The molecular weight excluding hydrogens is 250 g/mol. The van der Waals surface area contributed by atoms with E-state index in [4.69, 9.17) is 9.47 Å². The van der Waals surface area contributed by atoms with Crippen LogP contribution in [0.3, 0.4) is 0 Å². The molecule has 1 atom stereocenters. The second kappa shape index (κ2) is 6.85. The predicted molar refractivity (Wildman–Crippen MR) is 82.9 cm³/mol. The van der Waals surface area contributed by atoms with Gasteiger partial charge in [-0.2, -0.15) is 0 Å². The molecule has 3 nitrogen and oxygen atoms in total. The number of hydrogen-bond acceptors (Lipinski definition) is 3. The molecule has 2 aromatic carbocycles. The highest BCUT2D eigenvalue weighted by Crippen LogP contribution is 2.26. The van der Waals surface area contributed by atoms with Crippen molar-refractivity contribution in [2.75, 3.05) is 26.1 Å². The molecule has 0 fully saturated rings. The van der Waals surface area contributed by atoms with Gasteiger partial charge in [-0.25, -0.2) is 0 Å². The molecule has 3 heteroatoms. The van der Waals surface area contributed by atoms with E-state index in [2.05, 4.69) is 36.5 Å². The van der Waals surface area contributed by atoms with Crippen molar-refractivity contribution >= 4 is 5.69 Å². The van der Waals surface area contributed by atoms with Crippen molar-refractivity contribution in [2.45, 2.75) is 12.8 Å². The van der Waals surface area contributed by atoms with Crippen molar-refractivity contribution in [3.8, 4) is 11.5 Å². The van der Waals surface area contributed by atoms with Gasteiger partial charge in [-0.05, 0) is 11.5 Å². The van der Waals surface area contributed by atoms with Crippen LogP contribution in [0.1, 0.15) is 18.4 Å². The topological polar surface area (TPSA) is 30.5 Å². The molecule has 0 spiro atoms. The average molecular weight is 271 g/mol. The van der Waals surface area contributed by atoms with E-state index >= 15 is 0 Å². The molecular formula is C17H21NO2. The van der Waals surface area contributed by atoms with Crippen LogP contribution in [0.4, 0.5) is 5.69 Å². The van der Waals surface area contributed by atoms with E-state index in [1.165, 1.54) is 5.56 Å². The lowest BCUT2D eigenvalue weighted by Crippen LogP contribution is -2.09. The Morgan fingerprint density at radius 2 is 1.55 bits per heavy atom. The molecule has 0 saturated carbocycles. The summed E-state index contributed by atoms with van der Waals surface area (Å²) in [6, 6.07) is 16.3. The second-order valence-electron chi connectivity index (χ2n) is 4.79. The Labute approximate surface area is 120 Å². The highest BCUT2D eigenvalue weighted by atomic mass is 16.5. The highest BCUT2D eigenvalue weighted by Gasteiger charge is 2.06. The average Bonchev–Trinajstić information content (AvgIpc) is 2.53. The monoisotopic (exact) mass is 271 g/mol. The number of nitrogens with one attached hydrogen (secondary N) is 1. The SMILES string of the molecule is COc1cc(NCC(C)c2ccccc2)cc(OC)c1. The summed E-state index contributed by atoms with van der Waals surface area (Å²) in [6.45, 7) is 3.07. The fraction of sp³-hybridized carbons (Fsp3) is 0.294. The van der Waals surface area contributed by atoms with E-state index in [-0.39, 0.29) is 0 Å². The molecule has 0 amide bonds. The Morgan fingerprint density at radius 3 is 2.10 bits per heavy atom. The molecule has 0 aliphatic carbocycles. The van der Waals surface area contributed by atoms with Gasteiger partial charge in [0.1, 0.15) is 11.5 Å². The maximum atomic E-state index is 5.27. The quantitative estimate of drug-likeness (QED) is 0.863. The third kappa shape index (κ3) is 3.67. The summed E-state index contributed by atoms with van der Waals surface area (Å²) in [6.07, 6.45) is 0. The van der Waals surface area contributed by atoms with Crippen LogP contribution < -0.4 is 14.8 Å². The first-order chi connectivity index (χ1) is 9.72. The summed E-state index contributed by atoms with van der Waals surface area (Å²) in [5.41, 5.74) is 2.33. The Morgan fingerprint density at radius 1 is 0.950 bits per heavy atom. The molecule has 0 bridgehead atoms. The first-order valence-electron chi connectivity index (χ1n) is 6.75. The van der Waals surface area contributed by atoms with Gasteiger partial charge in [0.2, 0.25) is 0 Å². The van der Waals surface area contributed by atoms with Crippen molar-refractivity contribution < 1.29 is 9.47 Å². The standard InChI is InChI=1S/C17H21NO2/c1-13(14-7-5-4-6-8-14)12-18-15-9-16(19-2)11-17(10-15)20-3/h4-11,13,18H,12H2,1-3H3. The molecule has 0 radical (unpaired) electrons. The zero-order valence-electron chi connectivity index (χ0n) is 12.2. The van der Waals surface area contributed by atoms with E-state index in [1.807, 2.05) is 24.3 Å². The largest absolute Gasteiger partial charge is 0.497 e. The number of benzene rings is 2. The minimum atomic E-state index is 0.438. The fourth-order valence-electron chi connectivity index (χ4n) is 2.08. The Bertz CT molecular complexity index is 518. The van der Waals surface area contributed by atoms with Gasteiger partial charge in [0.05, 0.1) is 14.2 Å². The lowest BCUT2D eigenvalue weighted by atomic mass is 10.0. The Hall–Kier alpha value is -2.16. The third-order valence-electron chi connectivity index (χ3n) is 3.33. The van der Waals surface area contributed by atoms with Crippen LogP contribution in [0, 0.1) is 0 Å². The van der Waals surface area contributed by atoms with E-state index in [9.17, 15) is 0 Å². The van der Waals surface area contributed by atoms with Gasteiger partial charge in [-0.3, -0.25) is 0 Å². The molecule has 0 saturated heterocycles. The molecule has 20 heavy (non-hydrogen) atoms. The van der Waals surface area contributed by atoms with Gasteiger partial charge in [0.25, 0.3) is 0 Å². The maximum Gasteiger partial charge on any atom is 0.124 e. The van der Waals surface area contributed by atoms with Gasteiger partial charge in [-0.1, -0.05) is 37.3 Å². The van der Waals surface area contributed by atoms with Gasteiger partial charge in [0.15, 0.2) is 0 Å². The third-order valence-corrected chi connectivity index (χ3v) is 3.33. The molecule has 0 aliphatic rings. The van der Waals surface area contributed by atoms with Gasteiger partial charge in [0, 0.05) is 30.4 Å². The number of anilines is 1. The molecule has 0 heterocycles. The van der Waals surface area contributed by atoms with Crippen LogP contribution in [-0.4, -0.2) is 20.8 Å². The molecule has 1 N–H and O–H groups in total. The van der Waals surface area contributed by atoms with Crippen molar-refractivity contribution in [2.24, 2.45) is 0 Å². The number of methoxy groups -OCH3 is 2. The highest BCUT2D eigenvalue weighted by molar-refractivity contribution is 5.54. The molecule has 2 rings (SSSR count). The molecule has 1 unspecified atom stereocenters. The normalized spacial score (nSPS) is 11.8. The summed E-state index contributed by atoms with van der Waals surface area (Å²) in [5, 5.41) is 3.43. The summed E-state index contributed by atoms with van der Waals surface area (Å²) in [7, 11) is 3.32. The molecule has 2 aromatic rings. The van der Waals surface area contributed by atoms with Crippen molar-refractivity contribution in [1.82, 2.24) is 0 Å². The summed E-state index contributed by atoms with van der Waals surface area (Å²) < 4.78 is 10.5. The van der Waals surface area contributed by atoms with Crippen LogP contribution in [-0.2, 0) is 0 Å². The van der Waals surface area contributed by atoms with Crippen LogP contribution in [0.15, 0.2) is 48.5 Å². The zero-order chi connectivity index (χ0) is 14.4. The van der Waals surface area contributed by atoms with Crippen molar-refractivity contribution in [3.05, 3.63) is 54.1 Å². The smallest absolute Gasteiger partial charge is 0.124 e. The van der Waals surface area contributed by atoms with E-state index in [0.717, 1.165) is 23.7 Å². The Balaban J connectivity index is 2.03. The fourth-order valence-corrected chi connectivity index (χ4v) is 2.08. The number of ether oxygens (including phenoxy) is 2. The molecule has 106 valence electrons. The van der Waals surface area contributed by atoms with Crippen molar-refractivity contribution in [1.29, 1.82) is 0 Å². The maximum absolute atomic E-state index is 5.27. The summed E-state index contributed by atoms with van der Waals surface area (Å²) in [4.78, 5) is 0. The first-order valence-corrected chi connectivity index (χ1v) is 6.75.